The first-order valence-electron chi connectivity index (χ1n) is 7.63. The van der Waals surface area contributed by atoms with Gasteiger partial charge in [-0.15, -0.1) is 0 Å². The summed E-state index contributed by atoms with van der Waals surface area (Å²) in [7, 11) is -3.50. The largest absolute Gasteiger partial charge is 0.338 e. The standard InChI is InChI=1S/C16H18N4O3S/c1-3-15-17-16(23-19-15)12(2)24(21,22)11-13-9-10-20(18-13)14-7-5-4-6-8-14/h4-10,12H,3,11H2,1-2H3. The number of para-hydroxylation sites is 1. The first-order chi connectivity index (χ1) is 11.5. The lowest BCUT2D eigenvalue weighted by atomic mass is 10.3. The molecule has 0 fully saturated rings. The van der Waals surface area contributed by atoms with E-state index in [1.54, 1.807) is 23.9 Å². The summed E-state index contributed by atoms with van der Waals surface area (Å²) >= 11 is 0. The van der Waals surface area contributed by atoms with Crippen molar-refractivity contribution >= 4 is 9.84 Å². The molecule has 0 radical (unpaired) electrons. The van der Waals surface area contributed by atoms with Gasteiger partial charge in [0.25, 0.3) is 0 Å². The van der Waals surface area contributed by atoms with Gasteiger partial charge in [0.1, 0.15) is 5.25 Å². The summed E-state index contributed by atoms with van der Waals surface area (Å²) in [6.07, 6.45) is 2.34. The molecule has 7 nitrogen and oxygen atoms in total. The minimum absolute atomic E-state index is 0.120. The number of nitrogens with zero attached hydrogens (tertiary/aromatic N) is 4. The summed E-state index contributed by atoms with van der Waals surface area (Å²) in [5.41, 5.74) is 1.35. The highest BCUT2D eigenvalue weighted by Gasteiger charge is 2.29. The van der Waals surface area contributed by atoms with E-state index in [2.05, 4.69) is 15.2 Å². The molecule has 0 aliphatic rings. The van der Waals surface area contributed by atoms with Crippen LogP contribution in [0.2, 0.25) is 0 Å². The highest BCUT2D eigenvalue weighted by molar-refractivity contribution is 7.90. The van der Waals surface area contributed by atoms with Gasteiger partial charge in [-0.25, -0.2) is 13.1 Å². The Bertz CT molecular complexity index is 916. The lowest BCUT2D eigenvalue weighted by Gasteiger charge is -2.07. The molecule has 1 atom stereocenters. The van der Waals surface area contributed by atoms with Gasteiger partial charge in [0.05, 0.1) is 17.1 Å². The number of aryl methyl sites for hydroxylation is 1. The van der Waals surface area contributed by atoms with Gasteiger partial charge in [0.2, 0.25) is 5.89 Å². The third kappa shape index (κ3) is 3.38. The van der Waals surface area contributed by atoms with Gasteiger partial charge in [-0.2, -0.15) is 10.1 Å². The number of benzene rings is 1. The molecule has 0 bridgehead atoms. The lowest BCUT2D eigenvalue weighted by molar-refractivity contribution is 0.371. The molecule has 0 aliphatic carbocycles. The molecule has 0 saturated heterocycles. The molecule has 0 amide bonds. The molecule has 0 aliphatic heterocycles. The quantitative estimate of drug-likeness (QED) is 0.681. The molecule has 0 N–H and O–H groups in total. The van der Waals surface area contributed by atoms with E-state index in [0.29, 0.717) is 17.9 Å². The van der Waals surface area contributed by atoms with Crippen LogP contribution in [0.4, 0.5) is 0 Å². The van der Waals surface area contributed by atoms with Crippen LogP contribution in [0.25, 0.3) is 5.69 Å². The monoisotopic (exact) mass is 346 g/mol. The molecule has 24 heavy (non-hydrogen) atoms. The summed E-state index contributed by atoms with van der Waals surface area (Å²) in [4.78, 5) is 4.11. The molecule has 8 heteroatoms. The van der Waals surface area contributed by atoms with Crippen molar-refractivity contribution in [3.8, 4) is 5.69 Å². The maximum absolute atomic E-state index is 12.6. The Morgan fingerprint density at radius 1 is 1.21 bits per heavy atom. The van der Waals surface area contributed by atoms with Crippen molar-refractivity contribution in [1.29, 1.82) is 0 Å². The Balaban J connectivity index is 1.78. The molecule has 3 rings (SSSR count). The van der Waals surface area contributed by atoms with Crippen molar-refractivity contribution in [3.63, 3.8) is 0 Å². The van der Waals surface area contributed by atoms with E-state index in [4.69, 9.17) is 4.52 Å². The second-order valence-electron chi connectivity index (χ2n) is 5.44. The minimum atomic E-state index is -3.50. The highest BCUT2D eigenvalue weighted by atomic mass is 32.2. The van der Waals surface area contributed by atoms with Crippen molar-refractivity contribution in [2.75, 3.05) is 0 Å². The smallest absolute Gasteiger partial charge is 0.244 e. The van der Waals surface area contributed by atoms with Crippen LogP contribution in [0.3, 0.4) is 0 Å². The second kappa shape index (κ2) is 6.56. The summed E-state index contributed by atoms with van der Waals surface area (Å²) in [6.45, 7) is 3.43. The van der Waals surface area contributed by atoms with Crippen LogP contribution in [0, 0.1) is 0 Å². The van der Waals surface area contributed by atoms with Gasteiger partial charge < -0.3 is 4.52 Å². The number of hydrogen-bond acceptors (Lipinski definition) is 6. The zero-order valence-corrected chi connectivity index (χ0v) is 14.3. The second-order valence-corrected chi connectivity index (χ2v) is 7.76. The molecule has 2 aromatic heterocycles. The molecule has 1 aromatic carbocycles. The predicted molar refractivity (Wildman–Crippen MR) is 88.3 cm³/mol. The van der Waals surface area contributed by atoms with E-state index in [-0.39, 0.29) is 11.6 Å². The number of hydrogen-bond donors (Lipinski definition) is 0. The molecule has 126 valence electrons. The Kier molecular flexibility index (Phi) is 4.48. The van der Waals surface area contributed by atoms with Crippen LogP contribution in [0.5, 0.6) is 0 Å². The first-order valence-corrected chi connectivity index (χ1v) is 9.35. The van der Waals surface area contributed by atoms with E-state index in [1.807, 2.05) is 37.3 Å². The third-order valence-electron chi connectivity index (χ3n) is 3.70. The summed E-state index contributed by atoms with van der Waals surface area (Å²) in [5.74, 6) is 0.437. The summed E-state index contributed by atoms with van der Waals surface area (Å²) in [5, 5.41) is 7.22. The first kappa shape index (κ1) is 16.4. The molecule has 3 aromatic rings. The maximum atomic E-state index is 12.6. The fourth-order valence-corrected chi connectivity index (χ4v) is 3.44. The summed E-state index contributed by atoms with van der Waals surface area (Å²) in [6, 6.07) is 11.2. The van der Waals surface area contributed by atoms with Crippen LogP contribution in [-0.2, 0) is 22.0 Å². The normalized spacial score (nSPS) is 13.1. The molecule has 0 saturated carbocycles. The zero-order valence-electron chi connectivity index (χ0n) is 13.5. The van der Waals surface area contributed by atoms with Gasteiger partial charge in [-0.05, 0) is 25.1 Å². The average molecular weight is 346 g/mol. The van der Waals surface area contributed by atoms with E-state index in [1.165, 1.54) is 0 Å². The van der Waals surface area contributed by atoms with Crippen LogP contribution in [0.1, 0.15) is 36.5 Å². The van der Waals surface area contributed by atoms with E-state index < -0.39 is 15.1 Å². The van der Waals surface area contributed by atoms with Gasteiger partial charge >= 0.3 is 0 Å². The number of aromatic nitrogens is 4. The van der Waals surface area contributed by atoms with Gasteiger partial charge in [-0.1, -0.05) is 30.3 Å². The Morgan fingerprint density at radius 2 is 1.96 bits per heavy atom. The van der Waals surface area contributed by atoms with Crippen LogP contribution in [-0.4, -0.2) is 28.3 Å². The predicted octanol–water partition coefficient (Wildman–Crippen LogP) is 2.49. The Morgan fingerprint density at radius 3 is 2.62 bits per heavy atom. The van der Waals surface area contributed by atoms with E-state index >= 15 is 0 Å². The molecule has 2 heterocycles. The fourth-order valence-electron chi connectivity index (χ4n) is 2.22. The molecular weight excluding hydrogens is 328 g/mol. The zero-order chi connectivity index (χ0) is 17.2. The van der Waals surface area contributed by atoms with Gasteiger partial charge in [0, 0.05) is 12.6 Å². The van der Waals surface area contributed by atoms with Gasteiger partial charge in [0.15, 0.2) is 15.7 Å². The highest BCUT2D eigenvalue weighted by Crippen LogP contribution is 2.23. The Labute approximate surface area is 140 Å². The minimum Gasteiger partial charge on any atom is -0.338 e. The van der Waals surface area contributed by atoms with Gasteiger partial charge in [-0.3, -0.25) is 0 Å². The van der Waals surface area contributed by atoms with Crippen LogP contribution >= 0.6 is 0 Å². The Hall–Kier alpha value is -2.48. The lowest BCUT2D eigenvalue weighted by Crippen LogP contribution is -2.14. The molecular formula is C16H18N4O3S. The SMILES string of the molecule is CCc1noc(C(C)S(=O)(=O)Cc2ccn(-c3ccccc3)n2)n1. The van der Waals surface area contributed by atoms with Crippen molar-refractivity contribution in [3.05, 3.63) is 60.0 Å². The van der Waals surface area contributed by atoms with Crippen molar-refractivity contribution in [1.82, 2.24) is 19.9 Å². The van der Waals surface area contributed by atoms with Crippen molar-refractivity contribution < 1.29 is 12.9 Å². The summed E-state index contributed by atoms with van der Waals surface area (Å²) < 4.78 is 31.8. The molecule has 0 spiro atoms. The van der Waals surface area contributed by atoms with E-state index in [0.717, 1.165) is 5.69 Å². The maximum Gasteiger partial charge on any atom is 0.244 e. The van der Waals surface area contributed by atoms with Crippen LogP contribution < -0.4 is 0 Å². The number of rotatable bonds is 6. The molecule has 1 unspecified atom stereocenters. The number of sulfone groups is 1. The average Bonchev–Trinajstić information content (AvgIpc) is 3.23. The van der Waals surface area contributed by atoms with E-state index in [9.17, 15) is 8.42 Å². The van der Waals surface area contributed by atoms with Crippen LogP contribution in [0.15, 0.2) is 47.1 Å². The fraction of sp³-hybridized carbons (Fsp3) is 0.312. The van der Waals surface area contributed by atoms with Crippen molar-refractivity contribution in [2.45, 2.75) is 31.3 Å². The topological polar surface area (TPSA) is 90.9 Å². The van der Waals surface area contributed by atoms with Crippen molar-refractivity contribution in [2.24, 2.45) is 0 Å². The third-order valence-corrected chi connectivity index (χ3v) is 5.68.